The van der Waals surface area contributed by atoms with E-state index in [1.165, 1.54) is 95.0 Å². The molecular weight excluding hydrogens is 1780 g/mol. The molecule has 2 saturated heterocycles. The van der Waals surface area contributed by atoms with Crippen LogP contribution in [0.2, 0.25) is 0 Å². The number of aliphatic hydroxyl groups is 7. The van der Waals surface area contributed by atoms with Gasteiger partial charge in [0.2, 0.25) is 0 Å². The standard InChI is InChI=1S/C15H20O4.C13H17NO5S.C12H14O2.3C10H13NO5S.C10H11NO5S.C3H8.CH5NS/c1-5-17-14(16)13-12(18-15(3,4)19-13)11-8-6-10(2)7-9-11;1-13(2)17-10(11(18-13)12(15)19-14-20)8-4-6-9(16-3)7-5-8;1-3-14-12(13)9-8-11-6-4-10(2)5-7-11;4*1-15-7-4-2-6(3-5-7)8(12)9(13)10(14)16-11-17;1-3-2;1-2-3/h6-9,12-13H,5H2,1-4H3;4-7,10-11,14,20H,1-3H3;4-9H,3H2,1-2H3;3*2-5,8-9,11-13,17H,1H3;2-5,8,11-12,17H,1H3;3H2,1-2H3;2-3H,1H3/b;;9-8+;;;;;;/t12-,13+;10-,11+;;2*8-,9+;8-,9-;8-;;/m11.1010../s1. The van der Waals surface area contributed by atoms with E-state index >= 15 is 0 Å². The molecule has 37 nitrogen and oxygen atoms in total. The fourth-order valence-corrected chi connectivity index (χ4v) is 10.5. The predicted octanol–water partition coefficient (Wildman–Crippen LogP) is 8.71. The molecule has 7 aromatic carbocycles. The van der Waals surface area contributed by atoms with Crippen molar-refractivity contribution in [1.82, 2.24) is 29.1 Å². The van der Waals surface area contributed by atoms with E-state index in [-0.39, 0.29) is 17.5 Å². The molecule has 0 unspecified atom stereocenters. The van der Waals surface area contributed by atoms with Crippen molar-refractivity contribution in [2.45, 2.75) is 154 Å². The molecule has 2 fully saturated rings. The molecule has 7 aromatic rings. The third-order valence-corrected chi connectivity index (χ3v) is 16.6. The van der Waals surface area contributed by atoms with E-state index in [0.29, 0.717) is 52.9 Å². The summed E-state index contributed by atoms with van der Waals surface area (Å²) in [6.07, 6.45) is -8.90. The Bertz CT molecular complexity index is 4170. The Hall–Kier alpha value is -9.34. The second-order valence-corrected chi connectivity index (χ2v) is 27.7. The van der Waals surface area contributed by atoms with Gasteiger partial charge >= 0.3 is 41.8 Å². The molecule has 2 heterocycles. The van der Waals surface area contributed by atoms with Gasteiger partial charge in [0.1, 0.15) is 65.4 Å². The van der Waals surface area contributed by atoms with Crippen molar-refractivity contribution in [1.29, 1.82) is 0 Å². The fourth-order valence-electron chi connectivity index (χ4n) is 10.1. The van der Waals surface area contributed by atoms with E-state index in [9.17, 15) is 74.1 Å². The quantitative estimate of drug-likeness (QED) is 0.00499. The first-order chi connectivity index (χ1) is 60.3. The molecule has 0 amide bonds. The van der Waals surface area contributed by atoms with Gasteiger partial charge in [0, 0.05) is 6.08 Å². The number of Topliss-reactive ketones (excluding diaryl/α,β-unsaturated/α-hetero) is 1. The molecule has 9 rings (SSSR count). The highest BCUT2D eigenvalue weighted by atomic mass is 32.1. The van der Waals surface area contributed by atoms with E-state index in [2.05, 4.69) is 125 Å². The van der Waals surface area contributed by atoms with Crippen molar-refractivity contribution in [2.24, 2.45) is 0 Å². The number of aliphatic hydroxyl groups excluding tert-OH is 7. The lowest BCUT2D eigenvalue weighted by Gasteiger charge is -2.16. The number of hydrogen-bond acceptors (Lipinski definition) is 43. The maximum absolute atomic E-state index is 12.0. The average molecular weight is 1900 g/mol. The Labute approximate surface area is 770 Å². The van der Waals surface area contributed by atoms with Gasteiger partial charge < -0.3 is 112 Å². The molecule has 11 atom stereocenters. The minimum absolute atomic E-state index is 0.270. The summed E-state index contributed by atoms with van der Waals surface area (Å²) < 4.78 is 59.9. The number of thiol groups is 6. The summed E-state index contributed by atoms with van der Waals surface area (Å²) in [6, 6.07) is 48.0. The van der Waals surface area contributed by atoms with Crippen LogP contribution in [-0.2, 0) is 91.0 Å². The monoisotopic (exact) mass is 1890 g/mol. The summed E-state index contributed by atoms with van der Waals surface area (Å²) in [5.41, 5.74) is 6.48. The van der Waals surface area contributed by atoms with Crippen LogP contribution in [-0.4, -0.2) is 181 Å². The minimum atomic E-state index is -1.69. The van der Waals surface area contributed by atoms with Crippen molar-refractivity contribution in [3.05, 3.63) is 226 Å². The number of esters is 2. The molecule has 0 spiro atoms. The lowest BCUT2D eigenvalue weighted by Crippen LogP contribution is -2.31. The van der Waals surface area contributed by atoms with E-state index < -0.39 is 114 Å². The molecule has 702 valence electrons. The third kappa shape index (κ3) is 43.1. The number of ether oxygens (including phenoxy) is 11. The molecule has 0 bridgehead atoms. The first kappa shape index (κ1) is 116. The topological polar surface area (TPSA) is 498 Å². The first-order valence-electron chi connectivity index (χ1n) is 38.0. The fraction of sp³-hybridized carbons (Fsp3) is 0.381. The van der Waals surface area contributed by atoms with Crippen molar-refractivity contribution in [2.75, 3.05) is 55.8 Å². The highest BCUT2D eigenvalue weighted by Gasteiger charge is 2.48. The third-order valence-electron chi connectivity index (χ3n) is 16.2. The Morgan fingerprint density at radius 2 is 0.669 bits per heavy atom. The Morgan fingerprint density at radius 1 is 0.394 bits per heavy atom. The number of benzene rings is 7. The van der Waals surface area contributed by atoms with Crippen LogP contribution >= 0.6 is 76.9 Å². The van der Waals surface area contributed by atoms with Crippen molar-refractivity contribution in [3.8, 4) is 28.7 Å². The number of hydrogen-bond donors (Lipinski definition) is 19. The van der Waals surface area contributed by atoms with E-state index in [1.54, 1.807) is 127 Å². The van der Waals surface area contributed by atoms with E-state index in [4.69, 9.17) is 52.1 Å². The summed E-state index contributed by atoms with van der Waals surface area (Å²) in [5, 5.41) is 67.1. The molecule has 0 aromatic heterocycles. The van der Waals surface area contributed by atoms with Crippen molar-refractivity contribution >= 4 is 131 Å². The highest BCUT2D eigenvalue weighted by molar-refractivity contribution is 7.78. The first-order valence-corrected chi connectivity index (χ1v) is 40.7. The molecule has 0 aliphatic carbocycles. The van der Waals surface area contributed by atoms with Crippen LogP contribution in [0.3, 0.4) is 0 Å². The maximum Gasteiger partial charge on any atom is 0.397 e. The van der Waals surface area contributed by atoms with Crippen molar-refractivity contribution < 1.29 is 150 Å². The van der Waals surface area contributed by atoms with Crippen LogP contribution in [0, 0.1) is 13.8 Å². The Kier molecular flexibility index (Phi) is 57.9. The smallest absolute Gasteiger partial charge is 0.397 e. The zero-order chi connectivity index (χ0) is 95.9. The minimum Gasteiger partial charge on any atom is -0.497 e. The molecule has 0 saturated carbocycles. The predicted molar refractivity (Wildman–Crippen MR) is 483 cm³/mol. The second kappa shape index (κ2) is 63.6. The van der Waals surface area contributed by atoms with Gasteiger partial charge in [0.25, 0.3) is 5.78 Å². The molecule has 43 heteroatoms. The highest BCUT2D eigenvalue weighted by Crippen LogP contribution is 2.41. The van der Waals surface area contributed by atoms with Crippen LogP contribution in [0.4, 0.5) is 0 Å². The van der Waals surface area contributed by atoms with Gasteiger partial charge in [-0.2, -0.15) is 0 Å². The van der Waals surface area contributed by atoms with Gasteiger partial charge in [-0.25, -0.2) is 33.6 Å². The molecule has 127 heavy (non-hydrogen) atoms. The SMILES string of the molecule is CCC.CCOC(=O)/C=C/c1ccc(C)cc1.CCOC(=O)[C@H]1OC(C)(C)O[C@@H]1c1ccc(C)cc1.CNS.COc1ccc([C@@H](O)[C@@H](O)C(=O)ONS)cc1.COc1ccc([C@@H](O)[C@H](O)C(=O)ONS)cc1.COc1ccc([C@H](O)C(=O)C(=O)ONS)cc1.COc1ccc([C@H](O)[C@@H](O)C(=O)ONS)cc1.COc1ccc([C@H]2OC(C)(C)O[C@@H]2C(=O)ONS)cc1. The zero-order valence-electron chi connectivity index (χ0n) is 72.4. The van der Waals surface area contributed by atoms with Gasteiger partial charge in [-0.3, -0.25) is 9.52 Å². The average Bonchev–Trinajstić information content (AvgIpc) is 1.65. The van der Waals surface area contributed by atoms with Gasteiger partial charge in [0.15, 0.2) is 42.1 Å². The van der Waals surface area contributed by atoms with Crippen LogP contribution in [0.5, 0.6) is 28.7 Å². The summed E-state index contributed by atoms with van der Waals surface area (Å²) in [4.78, 5) is 121. The molecule has 13 N–H and O–H groups in total. The molecule has 2 aliphatic rings. The van der Waals surface area contributed by atoms with Crippen LogP contribution in [0.25, 0.3) is 6.08 Å². The number of rotatable bonds is 30. The normalized spacial score (nSPS) is 16.2. The van der Waals surface area contributed by atoms with E-state index in [1.807, 2.05) is 89.2 Å². The Balaban J connectivity index is 0.000000734. The summed E-state index contributed by atoms with van der Waals surface area (Å²) in [5.74, 6) is -5.18. The number of nitrogens with one attached hydrogen (secondary N) is 6. The van der Waals surface area contributed by atoms with Gasteiger partial charge in [-0.05, 0) is 168 Å². The molecule has 0 radical (unpaired) electrons. The van der Waals surface area contributed by atoms with Gasteiger partial charge in [-0.1, -0.05) is 242 Å². The number of ketones is 1. The molecular formula is C84H114N6O31S6. The zero-order valence-corrected chi connectivity index (χ0v) is 77.8. The van der Waals surface area contributed by atoms with Crippen LogP contribution < -0.4 is 52.8 Å². The largest absolute Gasteiger partial charge is 0.497 e. The number of aryl methyl sites for hydroxylation is 2. The number of carbonyl (C=O) groups excluding carboxylic acids is 8. The summed E-state index contributed by atoms with van der Waals surface area (Å²) in [6.45, 7) is 19.7. The lowest BCUT2D eigenvalue weighted by atomic mass is 10.0. The van der Waals surface area contributed by atoms with Gasteiger partial charge in [-0.15, -0.1) is 0 Å². The van der Waals surface area contributed by atoms with Gasteiger partial charge in [0.05, 0.1) is 48.8 Å². The van der Waals surface area contributed by atoms with Crippen molar-refractivity contribution in [3.63, 3.8) is 0 Å². The van der Waals surface area contributed by atoms with E-state index in [0.717, 1.165) is 28.0 Å². The number of methoxy groups -OCH3 is 5. The number of carbonyl (C=O) groups is 8. The summed E-state index contributed by atoms with van der Waals surface area (Å²) >= 11 is 20.9. The van der Waals surface area contributed by atoms with Crippen LogP contribution in [0.15, 0.2) is 176 Å². The lowest BCUT2D eigenvalue weighted by molar-refractivity contribution is -0.172. The molecule has 2 aliphatic heterocycles. The summed E-state index contributed by atoms with van der Waals surface area (Å²) in [7, 11) is 9.35. The Morgan fingerprint density at radius 3 is 0.961 bits per heavy atom. The second-order valence-electron chi connectivity index (χ2n) is 26.4. The maximum atomic E-state index is 12.0. The van der Waals surface area contributed by atoms with Crippen LogP contribution in [0.1, 0.15) is 149 Å².